The van der Waals surface area contributed by atoms with Crippen LogP contribution in [-0.4, -0.2) is 25.0 Å². The molecule has 3 aromatic carbocycles. The Morgan fingerprint density at radius 3 is 2.21 bits per heavy atom. The van der Waals surface area contributed by atoms with Crippen LogP contribution in [0.2, 0.25) is 0 Å². The van der Waals surface area contributed by atoms with E-state index in [0.717, 1.165) is 10.2 Å². The molecule has 148 valence electrons. The monoisotopic (exact) mass is 452 g/mol. The highest BCUT2D eigenvalue weighted by Crippen LogP contribution is 2.19. The van der Waals surface area contributed by atoms with E-state index in [9.17, 15) is 9.59 Å². The number of anilines is 2. The van der Waals surface area contributed by atoms with Crippen LogP contribution in [0.25, 0.3) is 0 Å². The second kappa shape index (κ2) is 9.89. The predicted molar refractivity (Wildman–Crippen MR) is 119 cm³/mol. The first kappa shape index (κ1) is 20.6. The lowest BCUT2D eigenvalue weighted by molar-refractivity contribution is -0.118. The van der Waals surface area contributed by atoms with Gasteiger partial charge in [-0.2, -0.15) is 0 Å². The topological polar surface area (TPSA) is 58.6 Å². The van der Waals surface area contributed by atoms with Crippen molar-refractivity contribution in [2.45, 2.75) is 6.92 Å². The number of carbonyl (C=O) groups is 2. The lowest BCUT2D eigenvalue weighted by Crippen LogP contribution is -2.30. The molecule has 3 aromatic rings. The Hall–Kier alpha value is -3.12. The minimum absolute atomic E-state index is 0.0878. The van der Waals surface area contributed by atoms with E-state index in [1.165, 1.54) is 0 Å². The summed E-state index contributed by atoms with van der Waals surface area (Å²) in [6, 6.07) is 23.6. The van der Waals surface area contributed by atoms with Gasteiger partial charge in [0.2, 0.25) is 0 Å². The van der Waals surface area contributed by atoms with Crippen LogP contribution >= 0.6 is 15.9 Å². The quantitative estimate of drug-likeness (QED) is 0.540. The summed E-state index contributed by atoms with van der Waals surface area (Å²) in [7, 11) is 0. The lowest BCUT2D eigenvalue weighted by Gasteiger charge is -2.21. The zero-order chi connectivity index (χ0) is 20.6. The molecule has 5 nitrogen and oxygen atoms in total. The molecule has 2 amide bonds. The van der Waals surface area contributed by atoms with E-state index in [1.807, 2.05) is 49.4 Å². The first-order valence-electron chi connectivity index (χ1n) is 9.22. The fourth-order valence-corrected chi connectivity index (χ4v) is 3.04. The van der Waals surface area contributed by atoms with Crippen molar-refractivity contribution in [2.24, 2.45) is 0 Å². The van der Waals surface area contributed by atoms with Gasteiger partial charge in [-0.05, 0) is 67.6 Å². The number of amides is 2. The molecule has 0 spiro atoms. The number of halogens is 1. The highest BCUT2D eigenvalue weighted by molar-refractivity contribution is 9.10. The zero-order valence-electron chi connectivity index (χ0n) is 16.0. The van der Waals surface area contributed by atoms with Crippen molar-refractivity contribution in [3.63, 3.8) is 0 Å². The Morgan fingerprint density at radius 2 is 1.59 bits per heavy atom. The second-order valence-electron chi connectivity index (χ2n) is 6.25. The molecular weight excluding hydrogens is 432 g/mol. The number of rotatable bonds is 7. The number of hydrogen-bond acceptors (Lipinski definition) is 3. The summed E-state index contributed by atoms with van der Waals surface area (Å²) < 4.78 is 6.40. The van der Waals surface area contributed by atoms with E-state index in [2.05, 4.69) is 21.2 Å². The Morgan fingerprint density at radius 1 is 0.931 bits per heavy atom. The minimum atomic E-state index is -0.272. The molecule has 1 N–H and O–H groups in total. The maximum Gasteiger partial charge on any atom is 0.262 e. The molecule has 0 aromatic heterocycles. The molecule has 29 heavy (non-hydrogen) atoms. The zero-order valence-corrected chi connectivity index (χ0v) is 17.6. The van der Waals surface area contributed by atoms with Crippen molar-refractivity contribution in [3.05, 3.63) is 88.9 Å². The van der Waals surface area contributed by atoms with E-state index < -0.39 is 0 Å². The molecule has 0 radical (unpaired) electrons. The normalized spacial score (nSPS) is 10.3. The van der Waals surface area contributed by atoms with Crippen molar-refractivity contribution >= 4 is 39.1 Å². The van der Waals surface area contributed by atoms with E-state index >= 15 is 0 Å². The fraction of sp³-hybridized carbons (Fsp3) is 0.130. The maximum absolute atomic E-state index is 12.8. The van der Waals surface area contributed by atoms with Gasteiger partial charge in [0.05, 0.1) is 0 Å². The predicted octanol–water partition coefficient (Wildman–Crippen LogP) is 5.13. The summed E-state index contributed by atoms with van der Waals surface area (Å²) in [6.07, 6.45) is 0. The Bertz CT molecular complexity index is 958. The molecule has 0 heterocycles. The van der Waals surface area contributed by atoms with Crippen molar-refractivity contribution in [3.8, 4) is 5.75 Å². The third kappa shape index (κ3) is 5.68. The summed E-state index contributed by atoms with van der Waals surface area (Å²) in [5, 5.41) is 2.77. The first-order valence-corrected chi connectivity index (χ1v) is 10.0. The molecule has 0 aliphatic carbocycles. The third-order valence-electron chi connectivity index (χ3n) is 4.23. The Labute approximate surface area is 178 Å². The minimum Gasteiger partial charge on any atom is -0.484 e. The maximum atomic E-state index is 12.8. The molecule has 0 aliphatic heterocycles. The molecule has 0 saturated carbocycles. The van der Waals surface area contributed by atoms with Gasteiger partial charge < -0.3 is 15.0 Å². The fourth-order valence-electron chi connectivity index (χ4n) is 2.78. The molecular formula is C23H21BrN2O3. The van der Waals surface area contributed by atoms with Gasteiger partial charge in [-0.15, -0.1) is 0 Å². The average Bonchev–Trinajstić information content (AvgIpc) is 2.75. The standard InChI is InChI=1S/C23H21BrN2O3/c1-2-26(20-6-4-3-5-7-20)23(28)17-8-12-19(13-9-17)25-22(27)16-29-21-14-10-18(24)11-15-21/h3-15H,2,16H2,1H3,(H,25,27). The van der Waals surface area contributed by atoms with Crippen molar-refractivity contribution in [1.29, 1.82) is 0 Å². The van der Waals surface area contributed by atoms with Crippen LogP contribution in [0.15, 0.2) is 83.3 Å². The van der Waals surface area contributed by atoms with Gasteiger partial charge in [-0.3, -0.25) is 9.59 Å². The SMILES string of the molecule is CCN(C(=O)c1ccc(NC(=O)COc2ccc(Br)cc2)cc1)c1ccccc1. The van der Waals surface area contributed by atoms with Gasteiger partial charge in [-0.1, -0.05) is 34.1 Å². The van der Waals surface area contributed by atoms with Crippen LogP contribution in [0.3, 0.4) is 0 Å². The van der Waals surface area contributed by atoms with Gasteiger partial charge in [0, 0.05) is 28.0 Å². The smallest absolute Gasteiger partial charge is 0.262 e. The first-order chi connectivity index (χ1) is 14.1. The summed E-state index contributed by atoms with van der Waals surface area (Å²) in [5.41, 5.74) is 2.01. The third-order valence-corrected chi connectivity index (χ3v) is 4.76. The van der Waals surface area contributed by atoms with E-state index in [0.29, 0.717) is 23.5 Å². The number of nitrogens with zero attached hydrogens (tertiary/aromatic N) is 1. The van der Waals surface area contributed by atoms with Crippen molar-refractivity contribution < 1.29 is 14.3 Å². The number of nitrogens with one attached hydrogen (secondary N) is 1. The Kier molecular flexibility index (Phi) is 7.03. The number of benzene rings is 3. The number of carbonyl (C=O) groups excluding carboxylic acids is 2. The molecule has 3 rings (SSSR count). The number of hydrogen-bond donors (Lipinski definition) is 1. The van der Waals surface area contributed by atoms with Crippen LogP contribution in [0, 0.1) is 0 Å². The van der Waals surface area contributed by atoms with Gasteiger partial charge >= 0.3 is 0 Å². The molecule has 0 unspecified atom stereocenters. The highest BCUT2D eigenvalue weighted by Gasteiger charge is 2.16. The van der Waals surface area contributed by atoms with Crippen LogP contribution < -0.4 is 15.0 Å². The Balaban J connectivity index is 1.58. The number of ether oxygens (including phenoxy) is 1. The lowest BCUT2D eigenvalue weighted by atomic mass is 10.1. The molecule has 0 aliphatic rings. The summed E-state index contributed by atoms with van der Waals surface area (Å²) >= 11 is 3.35. The van der Waals surface area contributed by atoms with E-state index in [4.69, 9.17) is 4.74 Å². The van der Waals surface area contributed by atoms with Gasteiger partial charge in [0.1, 0.15) is 5.75 Å². The largest absolute Gasteiger partial charge is 0.484 e. The summed E-state index contributed by atoms with van der Waals surface area (Å²) in [6.45, 7) is 2.40. The molecule has 6 heteroatoms. The average molecular weight is 453 g/mol. The number of para-hydroxylation sites is 1. The molecule has 0 atom stereocenters. The van der Waals surface area contributed by atoms with Crippen molar-refractivity contribution in [2.75, 3.05) is 23.4 Å². The van der Waals surface area contributed by atoms with Crippen LogP contribution in [0.4, 0.5) is 11.4 Å². The second-order valence-corrected chi connectivity index (χ2v) is 7.17. The van der Waals surface area contributed by atoms with Crippen molar-refractivity contribution in [1.82, 2.24) is 0 Å². The van der Waals surface area contributed by atoms with Crippen LogP contribution in [0.5, 0.6) is 5.75 Å². The highest BCUT2D eigenvalue weighted by atomic mass is 79.9. The molecule has 0 saturated heterocycles. The van der Waals surface area contributed by atoms with E-state index in [1.54, 1.807) is 41.3 Å². The van der Waals surface area contributed by atoms with Gasteiger partial charge in [-0.25, -0.2) is 0 Å². The summed E-state index contributed by atoms with van der Waals surface area (Å²) in [4.78, 5) is 26.6. The van der Waals surface area contributed by atoms with Crippen LogP contribution in [-0.2, 0) is 4.79 Å². The molecule has 0 fully saturated rings. The molecule has 0 bridgehead atoms. The van der Waals surface area contributed by atoms with Gasteiger partial charge in [0.15, 0.2) is 6.61 Å². The van der Waals surface area contributed by atoms with Crippen LogP contribution in [0.1, 0.15) is 17.3 Å². The summed E-state index contributed by atoms with van der Waals surface area (Å²) in [5.74, 6) is 0.256. The van der Waals surface area contributed by atoms with Gasteiger partial charge in [0.25, 0.3) is 11.8 Å². The van der Waals surface area contributed by atoms with E-state index in [-0.39, 0.29) is 18.4 Å².